The van der Waals surface area contributed by atoms with Crippen molar-refractivity contribution in [1.82, 2.24) is 0 Å². The maximum absolute atomic E-state index is 11.9. The fraction of sp³-hybridized carbons (Fsp3) is 0.526. The molecule has 9 heteroatoms. The molecule has 0 aromatic heterocycles. The molecule has 0 fully saturated rings. The predicted molar refractivity (Wildman–Crippen MR) is 104 cm³/mol. The van der Waals surface area contributed by atoms with Crippen LogP contribution in [-0.4, -0.2) is 53.5 Å². The second kappa shape index (κ2) is 11.6. The SMILES string of the molecule is CC(C)COC(=O)Oc1ccc(C[C@H]([AsH2])C(=O)O)cc1OC(=O)OCC(C)C. The molecule has 1 unspecified atom stereocenters. The summed E-state index contributed by atoms with van der Waals surface area (Å²) in [6.45, 7) is 7.87. The summed E-state index contributed by atoms with van der Waals surface area (Å²) in [5.74, 6) is -0.725. The number of benzene rings is 1. The van der Waals surface area contributed by atoms with E-state index in [-0.39, 0.29) is 43.0 Å². The molecule has 0 aliphatic heterocycles. The molecule has 0 saturated heterocycles. The molecule has 0 bridgehead atoms. The number of hydrogen-bond donors (Lipinski definition) is 1. The van der Waals surface area contributed by atoms with Crippen LogP contribution in [-0.2, 0) is 20.7 Å². The molecule has 0 saturated carbocycles. The van der Waals surface area contributed by atoms with Gasteiger partial charge in [-0.2, -0.15) is 0 Å². The van der Waals surface area contributed by atoms with Crippen molar-refractivity contribution in [3.63, 3.8) is 0 Å². The summed E-state index contributed by atoms with van der Waals surface area (Å²) in [6.07, 6.45) is -1.63. The second-order valence-corrected chi connectivity index (χ2v) is 8.73. The van der Waals surface area contributed by atoms with Gasteiger partial charge in [-0.25, -0.2) is 0 Å². The minimum atomic E-state index is -0.943. The fourth-order valence-corrected chi connectivity index (χ4v) is 2.46. The Balaban J connectivity index is 2.96. The van der Waals surface area contributed by atoms with E-state index in [2.05, 4.69) is 0 Å². The molecular weight excluding hydrogens is 431 g/mol. The Morgan fingerprint density at radius 3 is 1.89 bits per heavy atom. The zero-order valence-electron chi connectivity index (χ0n) is 16.5. The van der Waals surface area contributed by atoms with Crippen molar-refractivity contribution < 1.29 is 38.4 Å². The van der Waals surface area contributed by atoms with Gasteiger partial charge < -0.3 is 0 Å². The van der Waals surface area contributed by atoms with Gasteiger partial charge in [0.2, 0.25) is 0 Å². The van der Waals surface area contributed by atoms with Crippen molar-refractivity contribution in [2.45, 2.75) is 38.8 Å². The average molecular weight is 458 g/mol. The predicted octanol–water partition coefficient (Wildman–Crippen LogP) is 3.08. The van der Waals surface area contributed by atoms with Crippen LogP contribution in [0.3, 0.4) is 0 Å². The van der Waals surface area contributed by atoms with Crippen LogP contribution in [0.5, 0.6) is 11.5 Å². The van der Waals surface area contributed by atoms with E-state index in [1.54, 1.807) is 6.07 Å². The summed E-state index contributed by atoms with van der Waals surface area (Å²) in [4.78, 5) is 34.8. The van der Waals surface area contributed by atoms with Gasteiger partial charge in [0, 0.05) is 0 Å². The Kier molecular flexibility index (Phi) is 9.86. The van der Waals surface area contributed by atoms with Crippen LogP contribution < -0.4 is 9.47 Å². The molecule has 0 aliphatic carbocycles. The molecule has 1 aromatic carbocycles. The van der Waals surface area contributed by atoms with E-state index in [0.29, 0.717) is 5.56 Å². The molecule has 0 aliphatic rings. The zero-order valence-corrected chi connectivity index (χ0v) is 18.9. The van der Waals surface area contributed by atoms with Gasteiger partial charge in [0.05, 0.1) is 0 Å². The topological polar surface area (TPSA) is 108 Å². The van der Waals surface area contributed by atoms with Gasteiger partial charge in [-0.15, -0.1) is 0 Å². The van der Waals surface area contributed by atoms with E-state index in [1.807, 2.05) is 27.7 Å². The average Bonchev–Trinajstić information content (AvgIpc) is 2.60. The van der Waals surface area contributed by atoms with Crippen LogP contribution >= 0.6 is 0 Å². The summed E-state index contributed by atoms with van der Waals surface area (Å²) in [5.41, 5.74) is 0.617. The molecule has 1 N–H and O–H groups in total. The van der Waals surface area contributed by atoms with E-state index in [1.165, 1.54) is 12.1 Å². The van der Waals surface area contributed by atoms with Crippen LogP contribution in [0.15, 0.2) is 18.2 Å². The van der Waals surface area contributed by atoms with E-state index < -0.39 is 23.0 Å². The van der Waals surface area contributed by atoms with Gasteiger partial charge in [-0.05, 0) is 0 Å². The number of carboxylic acid groups (broad SMARTS) is 1. The molecule has 1 aromatic rings. The Labute approximate surface area is 173 Å². The third kappa shape index (κ3) is 9.13. The summed E-state index contributed by atoms with van der Waals surface area (Å²) >= 11 is 1.07. The number of aliphatic carboxylic acids is 1. The van der Waals surface area contributed by atoms with E-state index in [9.17, 15) is 14.4 Å². The zero-order chi connectivity index (χ0) is 21.3. The Morgan fingerprint density at radius 2 is 1.43 bits per heavy atom. The fourth-order valence-electron chi connectivity index (χ4n) is 1.89. The molecule has 0 amide bonds. The quantitative estimate of drug-likeness (QED) is 0.342. The first-order valence-corrected chi connectivity index (χ1v) is 10.3. The van der Waals surface area contributed by atoms with Crippen molar-refractivity contribution in [2.75, 3.05) is 13.2 Å². The van der Waals surface area contributed by atoms with Gasteiger partial charge >= 0.3 is 173 Å². The first-order valence-electron chi connectivity index (χ1n) is 8.89. The number of carbonyl (C=O) groups excluding carboxylic acids is 2. The van der Waals surface area contributed by atoms with Gasteiger partial charge in [-0.3, -0.25) is 0 Å². The standard InChI is InChI=1S/C19H27AsO8/c1-11(2)9-25-18(23)27-15-6-5-13(7-14(20)17(21)22)8-16(15)28-19(24)26-10-12(3)4/h5-6,8,11-12,14H,7,9-10,20H2,1-4H3,(H,21,22)/t14-/m0/s1. The number of rotatable bonds is 9. The molecule has 28 heavy (non-hydrogen) atoms. The van der Waals surface area contributed by atoms with E-state index >= 15 is 0 Å². The van der Waals surface area contributed by atoms with Gasteiger partial charge in [0.25, 0.3) is 0 Å². The Bertz CT molecular complexity index is 687. The van der Waals surface area contributed by atoms with Gasteiger partial charge in [0.15, 0.2) is 0 Å². The minimum absolute atomic E-state index is 0.0208. The normalized spacial score (nSPS) is 11.8. The third-order valence-corrected chi connectivity index (χ3v) is 4.33. The van der Waals surface area contributed by atoms with Crippen LogP contribution in [0.25, 0.3) is 0 Å². The first-order chi connectivity index (χ1) is 13.1. The molecular formula is C19H27AsO8. The molecule has 1 rings (SSSR count). The van der Waals surface area contributed by atoms with Crippen LogP contribution in [0.4, 0.5) is 9.59 Å². The summed E-state index contributed by atoms with van der Waals surface area (Å²) in [7, 11) is 0. The summed E-state index contributed by atoms with van der Waals surface area (Å²) < 4.78 is 19.7. The van der Waals surface area contributed by atoms with Crippen LogP contribution in [0, 0.1) is 11.8 Å². The third-order valence-electron chi connectivity index (χ3n) is 3.24. The Hall–Kier alpha value is -2.21. The van der Waals surface area contributed by atoms with Crippen molar-refractivity contribution in [1.29, 1.82) is 0 Å². The number of carbonyl (C=O) groups is 3. The molecule has 2 atom stereocenters. The molecule has 0 heterocycles. The second-order valence-electron chi connectivity index (χ2n) is 7.04. The maximum atomic E-state index is 11.9. The molecule has 156 valence electrons. The van der Waals surface area contributed by atoms with E-state index in [4.69, 9.17) is 24.1 Å². The number of carboxylic acids is 1. The monoisotopic (exact) mass is 458 g/mol. The van der Waals surface area contributed by atoms with Gasteiger partial charge in [-0.1, -0.05) is 0 Å². The van der Waals surface area contributed by atoms with E-state index in [0.717, 1.165) is 16.9 Å². The Morgan fingerprint density at radius 1 is 0.929 bits per heavy atom. The van der Waals surface area contributed by atoms with Crippen molar-refractivity contribution in [2.24, 2.45) is 11.8 Å². The first kappa shape index (κ1) is 23.8. The van der Waals surface area contributed by atoms with Crippen LogP contribution in [0.1, 0.15) is 33.3 Å². The van der Waals surface area contributed by atoms with Crippen molar-refractivity contribution in [3.8, 4) is 11.5 Å². The number of hydrogen-bond acceptors (Lipinski definition) is 7. The van der Waals surface area contributed by atoms with Gasteiger partial charge in [0.1, 0.15) is 0 Å². The van der Waals surface area contributed by atoms with Crippen molar-refractivity contribution in [3.05, 3.63) is 23.8 Å². The van der Waals surface area contributed by atoms with Crippen LogP contribution in [0.2, 0.25) is 4.71 Å². The summed E-state index contributed by atoms with van der Waals surface area (Å²) in [6, 6.07) is 4.49. The number of ether oxygens (including phenoxy) is 4. The molecule has 0 spiro atoms. The molecule has 0 radical (unpaired) electrons. The summed E-state index contributed by atoms with van der Waals surface area (Å²) in [5, 5.41) is 9.08. The molecule has 8 nitrogen and oxygen atoms in total. The van der Waals surface area contributed by atoms with Crippen molar-refractivity contribution >= 4 is 35.1 Å².